The molecule has 0 saturated heterocycles. The Morgan fingerprint density at radius 3 is 2.68 bits per heavy atom. The van der Waals surface area contributed by atoms with Gasteiger partial charge in [-0.3, -0.25) is 4.99 Å². The highest BCUT2D eigenvalue weighted by Gasteiger charge is 2.07. The van der Waals surface area contributed by atoms with Crippen LogP contribution < -0.4 is 10.6 Å². The summed E-state index contributed by atoms with van der Waals surface area (Å²) in [6, 6.07) is 9.74. The van der Waals surface area contributed by atoms with Gasteiger partial charge < -0.3 is 25.4 Å². The van der Waals surface area contributed by atoms with Crippen LogP contribution in [0.1, 0.15) is 31.4 Å². The minimum Gasteiger partial charge on any atom is -0.388 e. The van der Waals surface area contributed by atoms with E-state index in [-0.39, 0.29) is 0 Å². The number of guanidine groups is 1. The number of rotatable bonds is 12. The first-order valence-corrected chi connectivity index (χ1v) is 9.10. The van der Waals surface area contributed by atoms with E-state index in [0.29, 0.717) is 13.0 Å². The molecule has 3 N–H and O–H groups in total. The van der Waals surface area contributed by atoms with Crippen molar-refractivity contribution in [2.75, 3.05) is 53.5 Å². The first-order chi connectivity index (χ1) is 12.2. The van der Waals surface area contributed by atoms with Crippen LogP contribution in [0.4, 0.5) is 0 Å². The molecule has 0 aliphatic rings. The Balaban J connectivity index is 2.28. The topological polar surface area (TPSA) is 69.1 Å². The molecule has 1 aromatic rings. The third-order valence-electron chi connectivity index (χ3n) is 3.88. The number of nitrogens with zero attached hydrogens (tertiary/aromatic N) is 2. The van der Waals surface area contributed by atoms with E-state index in [1.807, 2.05) is 30.3 Å². The molecule has 0 aliphatic carbocycles. The van der Waals surface area contributed by atoms with Crippen molar-refractivity contribution in [2.24, 2.45) is 4.99 Å². The van der Waals surface area contributed by atoms with Crippen LogP contribution in [0.15, 0.2) is 35.3 Å². The molecule has 142 valence electrons. The molecule has 6 heteroatoms. The molecule has 0 saturated carbocycles. The summed E-state index contributed by atoms with van der Waals surface area (Å²) in [4.78, 5) is 6.84. The standard InChI is InChI=1S/C19H34N4O2/c1-4-20-19(21-12-8-14-23(2)15-16-25-3)22-13-11-18(24)17-9-6-5-7-10-17/h5-7,9-10,18,24H,4,8,11-16H2,1-3H3,(H2,20,21,22). The van der Waals surface area contributed by atoms with E-state index < -0.39 is 6.10 Å². The third kappa shape index (κ3) is 10.1. The zero-order valence-corrected chi connectivity index (χ0v) is 15.9. The van der Waals surface area contributed by atoms with Crippen LogP contribution >= 0.6 is 0 Å². The Hall–Kier alpha value is -1.63. The zero-order valence-electron chi connectivity index (χ0n) is 15.9. The number of hydrogen-bond acceptors (Lipinski definition) is 4. The van der Waals surface area contributed by atoms with Crippen LogP contribution in [0.25, 0.3) is 0 Å². The molecule has 1 rings (SSSR count). The molecule has 0 aromatic heterocycles. The van der Waals surface area contributed by atoms with Gasteiger partial charge in [0.15, 0.2) is 5.96 Å². The molecular weight excluding hydrogens is 316 g/mol. The number of aliphatic hydroxyl groups is 1. The maximum atomic E-state index is 10.2. The van der Waals surface area contributed by atoms with E-state index in [2.05, 4.69) is 34.5 Å². The molecule has 0 amide bonds. The SMILES string of the molecule is CCNC(=NCCCN(C)CCOC)NCCC(O)c1ccccc1. The molecule has 1 atom stereocenters. The molecule has 0 heterocycles. The van der Waals surface area contributed by atoms with Crippen LogP contribution in [0.3, 0.4) is 0 Å². The van der Waals surface area contributed by atoms with Crippen molar-refractivity contribution in [3.63, 3.8) is 0 Å². The quantitative estimate of drug-likeness (QED) is 0.304. The van der Waals surface area contributed by atoms with E-state index in [4.69, 9.17) is 4.74 Å². The first-order valence-electron chi connectivity index (χ1n) is 9.10. The largest absolute Gasteiger partial charge is 0.388 e. The number of aliphatic imine (C=N–C) groups is 1. The van der Waals surface area contributed by atoms with Crippen molar-refractivity contribution >= 4 is 5.96 Å². The fraction of sp³-hybridized carbons (Fsp3) is 0.632. The second-order valence-corrected chi connectivity index (χ2v) is 6.05. The predicted octanol–water partition coefficient (Wildman–Crippen LogP) is 1.63. The lowest BCUT2D eigenvalue weighted by atomic mass is 10.1. The molecule has 0 spiro atoms. The summed E-state index contributed by atoms with van der Waals surface area (Å²) in [6.45, 7) is 7.02. The summed E-state index contributed by atoms with van der Waals surface area (Å²) in [7, 11) is 3.82. The fourth-order valence-electron chi connectivity index (χ4n) is 2.40. The lowest BCUT2D eigenvalue weighted by Gasteiger charge is -2.16. The second kappa shape index (κ2) is 13.6. The van der Waals surface area contributed by atoms with Crippen LogP contribution in [0.2, 0.25) is 0 Å². The summed E-state index contributed by atoms with van der Waals surface area (Å²) in [5.41, 5.74) is 0.949. The van der Waals surface area contributed by atoms with Gasteiger partial charge in [0.25, 0.3) is 0 Å². The number of nitrogens with one attached hydrogen (secondary N) is 2. The summed E-state index contributed by atoms with van der Waals surface area (Å²) in [5.74, 6) is 0.808. The summed E-state index contributed by atoms with van der Waals surface area (Å²) >= 11 is 0. The highest BCUT2D eigenvalue weighted by molar-refractivity contribution is 5.79. The Kier molecular flexibility index (Phi) is 11.7. The number of benzene rings is 1. The van der Waals surface area contributed by atoms with Gasteiger partial charge in [-0.2, -0.15) is 0 Å². The Labute approximate surface area is 152 Å². The molecule has 1 aromatic carbocycles. The lowest BCUT2D eigenvalue weighted by Crippen LogP contribution is -2.38. The van der Waals surface area contributed by atoms with Crippen molar-refractivity contribution in [3.05, 3.63) is 35.9 Å². The van der Waals surface area contributed by atoms with Crippen LogP contribution in [-0.2, 0) is 4.74 Å². The smallest absolute Gasteiger partial charge is 0.191 e. The van der Waals surface area contributed by atoms with Gasteiger partial charge >= 0.3 is 0 Å². The molecule has 1 unspecified atom stereocenters. The normalized spacial score (nSPS) is 13.1. The predicted molar refractivity (Wildman–Crippen MR) is 104 cm³/mol. The molecule has 0 fully saturated rings. The fourth-order valence-corrected chi connectivity index (χ4v) is 2.40. The van der Waals surface area contributed by atoms with Gasteiger partial charge in [-0.25, -0.2) is 0 Å². The molecule has 25 heavy (non-hydrogen) atoms. The van der Waals surface area contributed by atoms with E-state index in [9.17, 15) is 5.11 Å². The molecular formula is C19H34N4O2. The van der Waals surface area contributed by atoms with Gasteiger partial charge in [0.1, 0.15) is 0 Å². The van der Waals surface area contributed by atoms with Gasteiger partial charge in [-0.05, 0) is 38.9 Å². The van der Waals surface area contributed by atoms with Gasteiger partial charge in [0.2, 0.25) is 0 Å². The van der Waals surface area contributed by atoms with Crippen LogP contribution in [0, 0.1) is 0 Å². The Morgan fingerprint density at radius 2 is 2.00 bits per heavy atom. The number of ether oxygens (including phenoxy) is 1. The van der Waals surface area contributed by atoms with Gasteiger partial charge in [0, 0.05) is 33.3 Å². The van der Waals surface area contributed by atoms with Crippen molar-refractivity contribution in [1.82, 2.24) is 15.5 Å². The van der Waals surface area contributed by atoms with E-state index >= 15 is 0 Å². The maximum absolute atomic E-state index is 10.2. The van der Waals surface area contributed by atoms with E-state index in [1.165, 1.54) is 0 Å². The van der Waals surface area contributed by atoms with E-state index in [0.717, 1.165) is 50.7 Å². The van der Waals surface area contributed by atoms with Crippen LogP contribution in [0.5, 0.6) is 0 Å². The Bertz CT molecular complexity index is 468. The second-order valence-electron chi connectivity index (χ2n) is 6.05. The van der Waals surface area contributed by atoms with Crippen molar-refractivity contribution in [1.29, 1.82) is 0 Å². The average molecular weight is 351 g/mol. The lowest BCUT2D eigenvalue weighted by molar-refractivity contribution is 0.161. The average Bonchev–Trinajstić information content (AvgIpc) is 2.64. The molecule has 6 nitrogen and oxygen atoms in total. The molecule has 0 bridgehead atoms. The number of hydrogen-bond donors (Lipinski definition) is 3. The number of methoxy groups -OCH3 is 1. The highest BCUT2D eigenvalue weighted by Crippen LogP contribution is 2.14. The molecule has 0 aliphatic heterocycles. The molecule has 0 radical (unpaired) electrons. The van der Waals surface area contributed by atoms with Gasteiger partial charge in [0.05, 0.1) is 12.7 Å². The number of aliphatic hydroxyl groups excluding tert-OH is 1. The van der Waals surface area contributed by atoms with Gasteiger partial charge in [-0.1, -0.05) is 30.3 Å². The third-order valence-corrected chi connectivity index (χ3v) is 3.88. The summed E-state index contributed by atoms with van der Waals surface area (Å²) in [6.07, 6.45) is 1.20. The number of likely N-dealkylation sites (N-methyl/N-ethyl adjacent to an activating group) is 1. The summed E-state index contributed by atoms with van der Waals surface area (Å²) < 4.78 is 5.07. The zero-order chi connectivity index (χ0) is 18.3. The highest BCUT2D eigenvalue weighted by atomic mass is 16.5. The maximum Gasteiger partial charge on any atom is 0.191 e. The minimum absolute atomic E-state index is 0.453. The van der Waals surface area contributed by atoms with E-state index in [1.54, 1.807) is 7.11 Å². The first kappa shape index (κ1) is 21.4. The minimum atomic E-state index is -0.453. The van der Waals surface area contributed by atoms with Gasteiger partial charge in [-0.15, -0.1) is 0 Å². The summed E-state index contributed by atoms with van der Waals surface area (Å²) in [5, 5.41) is 16.7. The van der Waals surface area contributed by atoms with Crippen molar-refractivity contribution < 1.29 is 9.84 Å². The van der Waals surface area contributed by atoms with Crippen molar-refractivity contribution in [2.45, 2.75) is 25.9 Å². The Morgan fingerprint density at radius 1 is 1.24 bits per heavy atom. The van der Waals surface area contributed by atoms with Crippen molar-refractivity contribution in [3.8, 4) is 0 Å². The van der Waals surface area contributed by atoms with Crippen LogP contribution in [-0.4, -0.2) is 69.5 Å². The monoisotopic (exact) mass is 350 g/mol.